The van der Waals surface area contributed by atoms with Gasteiger partial charge in [-0.2, -0.15) is 0 Å². The molecule has 1 unspecified atom stereocenters. The molecule has 0 saturated carbocycles. The molecule has 3 nitrogen and oxygen atoms in total. The van der Waals surface area contributed by atoms with Crippen molar-refractivity contribution in [1.82, 2.24) is 4.98 Å². The first kappa shape index (κ1) is 15.6. The number of rotatable bonds is 6. The minimum absolute atomic E-state index is 0.0334. The van der Waals surface area contributed by atoms with E-state index in [1.165, 1.54) is 5.56 Å². The summed E-state index contributed by atoms with van der Waals surface area (Å²) in [5.74, 6) is 0. The fourth-order valence-electron chi connectivity index (χ4n) is 1.85. The number of nitrogens with zero attached hydrogens (tertiary/aromatic N) is 2. The summed E-state index contributed by atoms with van der Waals surface area (Å²) >= 11 is 0. The first-order valence-electron chi connectivity index (χ1n) is 7.17. The fraction of sp³-hybridized carbons (Fsp3) is 0.294. The van der Waals surface area contributed by atoms with Crippen LogP contribution in [0.15, 0.2) is 59.9 Å². The van der Waals surface area contributed by atoms with Gasteiger partial charge in [0.1, 0.15) is 0 Å². The van der Waals surface area contributed by atoms with E-state index in [0.717, 1.165) is 5.56 Å². The molecule has 0 aliphatic carbocycles. The fourth-order valence-corrected chi connectivity index (χ4v) is 2.51. The molecule has 1 aromatic carbocycles. The lowest BCUT2D eigenvalue weighted by Crippen LogP contribution is -2.27. The van der Waals surface area contributed by atoms with Gasteiger partial charge in [0.25, 0.3) is 0 Å². The predicted octanol–water partition coefficient (Wildman–Crippen LogP) is 4.09. The van der Waals surface area contributed by atoms with Crippen molar-refractivity contribution in [1.29, 1.82) is 0 Å². The van der Waals surface area contributed by atoms with Gasteiger partial charge >= 0.3 is 0 Å². The average molecular weight is 298 g/mol. The van der Waals surface area contributed by atoms with Crippen molar-refractivity contribution in [2.75, 3.05) is 6.61 Å². The first-order chi connectivity index (χ1) is 10.0. The molecule has 21 heavy (non-hydrogen) atoms. The summed E-state index contributed by atoms with van der Waals surface area (Å²) in [6, 6.07) is 14.2. The molecule has 1 aromatic heterocycles. The Bertz CT molecular complexity index is 564. The molecule has 1 heterocycles. The quantitative estimate of drug-likeness (QED) is 0.594. The van der Waals surface area contributed by atoms with E-state index in [9.17, 15) is 0 Å². The highest BCUT2D eigenvalue weighted by molar-refractivity contribution is 6.69. The van der Waals surface area contributed by atoms with E-state index in [1.807, 2.05) is 36.5 Å². The zero-order valence-corrected chi connectivity index (χ0v) is 13.9. The van der Waals surface area contributed by atoms with Gasteiger partial charge in [0.15, 0.2) is 8.32 Å². The lowest BCUT2D eigenvalue weighted by molar-refractivity contribution is 0.285. The second-order valence-electron chi connectivity index (χ2n) is 5.91. The molecule has 0 amide bonds. The van der Waals surface area contributed by atoms with Gasteiger partial charge in [-0.15, -0.1) is 0 Å². The zero-order chi connectivity index (χ0) is 15.1. The summed E-state index contributed by atoms with van der Waals surface area (Å²) < 4.78 is 6.05. The molecule has 0 radical (unpaired) electrons. The topological polar surface area (TPSA) is 34.5 Å². The molecule has 2 aromatic rings. The molecule has 2 rings (SSSR count). The third-order valence-electron chi connectivity index (χ3n) is 2.97. The van der Waals surface area contributed by atoms with E-state index in [0.29, 0.717) is 6.61 Å². The zero-order valence-electron chi connectivity index (χ0n) is 12.9. The molecular formula is C17H22N2OSi. The number of aliphatic imine (C=N–C) groups is 1. The van der Waals surface area contributed by atoms with Gasteiger partial charge in [-0.3, -0.25) is 9.98 Å². The van der Waals surface area contributed by atoms with Crippen molar-refractivity contribution in [2.24, 2.45) is 4.99 Å². The van der Waals surface area contributed by atoms with E-state index in [4.69, 9.17) is 9.42 Å². The second-order valence-corrected chi connectivity index (χ2v) is 10.4. The Kier molecular flexibility index (Phi) is 5.42. The minimum atomic E-state index is -1.55. The van der Waals surface area contributed by atoms with Crippen molar-refractivity contribution in [3.8, 4) is 0 Å². The molecule has 4 heteroatoms. The minimum Gasteiger partial charge on any atom is -0.415 e. The van der Waals surface area contributed by atoms with Gasteiger partial charge in [0.2, 0.25) is 0 Å². The molecule has 0 spiro atoms. The van der Waals surface area contributed by atoms with E-state index in [-0.39, 0.29) is 6.04 Å². The smallest absolute Gasteiger partial charge is 0.183 e. The van der Waals surface area contributed by atoms with Gasteiger partial charge < -0.3 is 4.43 Å². The average Bonchev–Trinajstić information content (AvgIpc) is 2.48. The van der Waals surface area contributed by atoms with Crippen LogP contribution in [0.3, 0.4) is 0 Å². The van der Waals surface area contributed by atoms with Gasteiger partial charge in [-0.05, 0) is 42.9 Å². The maximum atomic E-state index is 6.05. The maximum Gasteiger partial charge on any atom is 0.183 e. The van der Waals surface area contributed by atoms with E-state index < -0.39 is 8.32 Å². The predicted molar refractivity (Wildman–Crippen MR) is 90.3 cm³/mol. The maximum absolute atomic E-state index is 6.05. The summed E-state index contributed by atoms with van der Waals surface area (Å²) in [6.07, 6.45) is 5.45. The lowest BCUT2D eigenvalue weighted by atomic mass is 10.1. The first-order valence-corrected chi connectivity index (χ1v) is 10.6. The summed E-state index contributed by atoms with van der Waals surface area (Å²) in [5.41, 5.74) is 2.24. The van der Waals surface area contributed by atoms with Crippen LogP contribution < -0.4 is 0 Å². The molecule has 0 saturated heterocycles. The number of hydrogen-bond acceptors (Lipinski definition) is 3. The summed E-state index contributed by atoms with van der Waals surface area (Å²) in [6.45, 7) is 7.21. The largest absolute Gasteiger partial charge is 0.415 e. The number of aromatic nitrogens is 1. The van der Waals surface area contributed by atoms with E-state index in [1.54, 1.807) is 12.4 Å². The molecule has 0 fully saturated rings. The Morgan fingerprint density at radius 3 is 2.38 bits per heavy atom. The van der Waals surface area contributed by atoms with E-state index >= 15 is 0 Å². The third kappa shape index (κ3) is 5.61. The van der Waals surface area contributed by atoms with Crippen LogP contribution in [-0.2, 0) is 4.43 Å². The van der Waals surface area contributed by atoms with Crippen molar-refractivity contribution < 1.29 is 4.43 Å². The molecule has 1 atom stereocenters. The second kappa shape index (κ2) is 7.29. The van der Waals surface area contributed by atoms with Gasteiger partial charge in [-0.1, -0.05) is 30.3 Å². The molecule has 0 N–H and O–H groups in total. The SMILES string of the molecule is C[Si](C)(C)OCC(N=Cc1ccncc1)c1ccccc1. The van der Waals surface area contributed by atoms with Crippen LogP contribution in [0.5, 0.6) is 0 Å². The van der Waals surface area contributed by atoms with Crippen molar-refractivity contribution in [2.45, 2.75) is 25.7 Å². The van der Waals surface area contributed by atoms with Crippen LogP contribution in [0.25, 0.3) is 0 Å². The standard InChI is InChI=1S/C17H22N2OSi/c1-21(2,3)20-14-17(16-7-5-4-6-8-16)19-13-15-9-11-18-12-10-15/h4-13,17H,14H2,1-3H3. The number of hydrogen-bond donors (Lipinski definition) is 0. The Hall–Kier alpha value is -1.78. The normalized spacial score (nSPS) is 13.5. The van der Waals surface area contributed by atoms with Gasteiger partial charge in [-0.25, -0.2) is 0 Å². The Balaban J connectivity index is 2.14. The van der Waals surface area contributed by atoms with Crippen molar-refractivity contribution in [3.63, 3.8) is 0 Å². The monoisotopic (exact) mass is 298 g/mol. The van der Waals surface area contributed by atoms with Gasteiger partial charge in [0, 0.05) is 18.6 Å². The Morgan fingerprint density at radius 1 is 1.10 bits per heavy atom. The van der Waals surface area contributed by atoms with Crippen LogP contribution in [-0.4, -0.2) is 26.1 Å². The van der Waals surface area contributed by atoms with E-state index in [2.05, 4.69) is 36.8 Å². The lowest BCUT2D eigenvalue weighted by Gasteiger charge is -2.21. The molecule has 0 aliphatic heterocycles. The van der Waals surface area contributed by atoms with Crippen LogP contribution in [0.2, 0.25) is 19.6 Å². The molecule has 0 aliphatic rings. The summed E-state index contributed by atoms with van der Waals surface area (Å²) in [4.78, 5) is 8.73. The molecular weight excluding hydrogens is 276 g/mol. The highest BCUT2D eigenvalue weighted by Gasteiger charge is 2.18. The van der Waals surface area contributed by atoms with Crippen LogP contribution in [0.4, 0.5) is 0 Å². The third-order valence-corrected chi connectivity index (χ3v) is 4.00. The van der Waals surface area contributed by atoms with Crippen LogP contribution >= 0.6 is 0 Å². The molecule has 0 bridgehead atoms. The Morgan fingerprint density at radius 2 is 1.76 bits per heavy atom. The van der Waals surface area contributed by atoms with Crippen LogP contribution in [0, 0.1) is 0 Å². The molecule has 110 valence electrons. The number of pyridine rings is 1. The summed E-state index contributed by atoms with van der Waals surface area (Å²) in [5, 5.41) is 0. The highest BCUT2D eigenvalue weighted by atomic mass is 28.4. The number of benzene rings is 1. The van der Waals surface area contributed by atoms with Gasteiger partial charge in [0.05, 0.1) is 12.6 Å². The van der Waals surface area contributed by atoms with Crippen molar-refractivity contribution in [3.05, 3.63) is 66.0 Å². The van der Waals surface area contributed by atoms with Crippen LogP contribution in [0.1, 0.15) is 17.2 Å². The Labute approximate surface area is 127 Å². The van der Waals surface area contributed by atoms with Crippen molar-refractivity contribution >= 4 is 14.5 Å². The highest BCUT2D eigenvalue weighted by Crippen LogP contribution is 2.19. The summed E-state index contributed by atoms with van der Waals surface area (Å²) in [7, 11) is -1.55.